The van der Waals surface area contributed by atoms with Crippen LogP contribution in [0.15, 0.2) is 18.2 Å². The highest BCUT2D eigenvalue weighted by atomic mass is 19.3. The molecule has 0 spiro atoms. The first-order chi connectivity index (χ1) is 11.0. The Morgan fingerprint density at radius 1 is 1.35 bits per heavy atom. The van der Waals surface area contributed by atoms with Crippen LogP contribution in [0.4, 0.5) is 8.78 Å². The van der Waals surface area contributed by atoms with Crippen molar-refractivity contribution in [2.75, 3.05) is 27.2 Å². The van der Waals surface area contributed by atoms with Gasteiger partial charge in [0.25, 0.3) is 0 Å². The quantitative estimate of drug-likeness (QED) is 0.670. The Morgan fingerprint density at radius 3 is 2.70 bits per heavy atom. The molecule has 0 aliphatic rings. The van der Waals surface area contributed by atoms with Crippen molar-refractivity contribution >= 4 is 5.91 Å². The Bertz CT molecular complexity index is 498. The summed E-state index contributed by atoms with van der Waals surface area (Å²) in [6.07, 6.45) is 1.23. The summed E-state index contributed by atoms with van der Waals surface area (Å²) in [4.78, 5) is 13.6. The highest BCUT2D eigenvalue weighted by Gasteiger charge is 2.14. The molecule has 1 aromatic rings. The molecule has 1 rings (SSSR count). The van der Waals surface area contributed by atoms with Crippen molar-refractivity contribution in [1.29, 1.82) is 0 Å². The minimum Gasteiger partial charge on any atom is -0.490 e. The topological polar surface area (TPSA) is 50.8 Å². The lowest BCUT2D eigenvalue weighted by Crippen LogP contribution is -2.26. The fraction of sp³-hybridized carbons (Fsp3) is 0.562. The van der Waals surface area contributed by atoms with Crippen molar-refractivity contribution in [2.24, 2.45) is 0 Å². The second-order valence-corrected chi connectivity index (χ2v) is 5.05. The van der Waals surface area contributed by atoms with Crippen molar-refractivity contribution in [1.82, 2.24) is 10.2 Å². The molecule has 1 N–H and O–H groups in total. The predicted octanol–water partition coefficient (Wildman–Crippen LogP) is 2.64. The Kier molecular flexibility index (Phi) is 8.32. The smallest absolute Gasteiger partial charge is 0.387 e. The monoisotopic (exact) mass is 330 g/mol. The molecular weight excluding hydrogens is 306 g/mol. The third-order valence-electron chi connectivity index (χ3n) is 3.19. The van der Waals surface area contributed by atoms with Crippen LogP contribution in [0.2, 0.25) is 0 Å². The summed E-state index contributed by atoms with van der Waals surface area (Å²) in [6, 6.07) is 4.71. The molecule has 0 aromatic heterocycles. The highest BCUT2D eigenvalue weighted by molar-refractivity contribution is 5.75. The van der Waals surface area contributed by atoms with Gasteiger partial charge in [0.05, 0.1) is 6.61 Å². The molecule has 23 heavy (non-hydrogen) atoms. The third-order valence-corrected chi connectivity index (χ3v) is 3.19. The van der Waals surface area contributed by atoms with Crippen molar-refractivity contribution in [3.8, 4) is 11.5 Å². The summed E-state index contributed by atoms with van der Waals surface area (Å²) in [6.45, 7) is 0.357. The Labute approximate surface area is 135 Å². The van der Waals surface area contributed by atoms with E-state index in [2.05, 4.69) is 10.1 Å². The zero-order valence-electron chi connectivity index (χ0n) is 13.8. The summed E-state index contributed by atoms with van der Waals surface area (Å²) in [5.74, 6) is 0.279. The van der Waals surface area contributed by atoms with Crippen LogP contribution in [-0.4, -0.2) is 44.7 Å². The molecular formula is C16H24F2N2O3. The van der Waals surface area contributed by atoms with Crippen molar-refractivity contribution in [2.45, 2.75) is 32.9 Å². The third kappa shape index (κ3) is 6.81. The van der Waals surface area contributed by atoms with E-state index < -0.39 is 6.61 Å². The number of alkyl halides is 2. The van der Waals surface area contributed by atoms with Crippen LogP contribution in [0.3, 0.4) is 0 Å². The van der Waals surface area contributed by atoms with Gasteiger partial charge in [0, 0.05) is 20.0 Å². The second-order valence-electron chi connectivity index (χ2n) is 5.05. The Hall–Kier alpha value is -1.89. The summed E-state index contributed by atoms with van der Waals surface area (Å²) in [7, 11) is 3.55. The van der Waals surface area contributed by atoms with Gasteiger partial charge in [0.1, 0.15) is 0 Å². The molecule has 0 saturated heterocycles. The van der Waals surface area contributed by atoms with Crippen LogP contribution in [0, 0.1) is 0 Å². The number of hydrogen-bond donors (Lipinski definition) is 1. The van der Waals surface area contributed by atoms with E-state index in [0.717, 1.165) is 18.5 Å². The van der Waals surface area contributed by atoms with Gasteiger partial charge in [-0.3, -0.25) is 4.79 Å². The number of nitrogens with zero attached hydrogens (tertiary/aromatic N) is 1. The molecule has 0 aliphatic carbocycles. The van der Waals surface area contributed by atoms with Crippen LogP contribution in [0.5, 0.6) is 11.5 Å². The van der Waals surface area contributed by atoms with Crippen LogP contribution in [0.1, 0.15) is 25.3 Å². The van der Waals surface area contributed by atoms with Crippen molar-refractivity contribution < 1.29 is 23.0 Å². The molecule has 5 nitrogen and oxygen atoms in total. The van der Waals surface area contributed by atoms with E-state index >= 15 is 0 Å². The molecule has 0 aliphatic heterocycles. The number of benzene rings is 1. The van der Waals surface area contributed by atoms with Crippen LogP contribution < -0.4 is 14.8 Å². The number of halogens is 2. The van der Waals surface area contributed by atoms with E-state index in [0.29, 0.717) is 19.6 Å². The van der Waals surface area contributed by atoms with Gasteiger partial charge < -0.3 is 19.7 Å². The number of hydrogen-bond acceptors (Lipinski definition) is 4. The first kappa shape index (κ1) is 19.2. The van der Waals surface area contributed by atoms with Crippen LogP contribution >= 0.6 is 0 Å². The van der Waals surface area contributed by atoms with Gasteiger partial charge >= 0.3 is 6.61 Å². The first-order valence-electron chi connectivity index (χ1n) is 7.57. The van der Waals surface area contributed by atoms with E-state index in [4.69, 9.17) is 4.74 Å². The van der Waals surface area contributed by atoms with Gasteiger partial charge in [0.2, 0.25) is 5.91 Å². The van der Waals surface area contributed by atoms with Gasteiger partial charge in [-0.15, -0.1) is 0 Å². The molecule has 7 heteroatoms. The zero-order chi connectivity index (χ0) is 17.2. The number of carbonyl (C=O) groups is 1. The molecule has 0 bridgehead atoms. The first-order valence-corrected chi connectivity index (χ1v) is 7.57. The normalized spacial score (nSPS) is 10.7. The fourth-order valence-corrected chi connectivity index (χ4v) is 2.08. The molecule has 0 atom stereocenters. The summed E-state index contributed by atoms with van der Waals surface area (Å²) in [5, 5.41) is 2.99. The molecule has 0 unspecified atom stereocenters. The predicted molar refractivity (Wildman–Crippen MR) is 83.9 cm³/mol. The molecule has 1 aromatic carbocycles. The van der Waals surface area contributed by atoms with Crippen LogP contribution in [0.25, 0.3) is 0 Å². The maximum atomic E-state index is 12.4. The number of rotatable bonds is 10. The van der Waals surface area contributed by atoms with E-state index in [9.17, 15) is 13.6 Å². The largest absolute Gasteiger partial charge is 0.490 e. The lowest BCUT2D eigenvalue weighted by atomic mass is 10.1. The van der Waals surface area contributed by atoms with Crippen molar-refractivity contribution in [3.63, 3.8) is 0 Å². The Balaban J connectivity index is 2.72. The molecule has 0 fully saturated rings. The SMILES string of the molecule is CCOc1cc(CN(C)C(=O)CCCNC)ccc1OC(F)F. The minimum atomic E-state index is -2.91. The average Bonchev–Trinajstić information content (AvgIpc) is 2.49. The van der Waals surface area contributed by atoms with Gasteiger partial charge in [-0.1, -0.05) is 6.07 Å². The number of nitrogens with one attached hydrogen (secondary N) is 1. The van der Waals surface area contributed by atoms with E-state index in [1.807, 2.05) is 7.05 Å². The maximum absolute atomic E-state index is 12.4. The van der Waals surface area contributed by atoms with Crippen LogP contribution in [-0.2, 0) is 11.3 Å². The highest BCUT2D eigenvalue weighted by Crippen LogP contribution is 2.30. The van der Waals surface area contributed by atoms with Gasteiger partial charge in [-0.05, 0) is 44.6 Å². The summed E-state index contributed by atoms with van der Waals surface area (Å²) in [5.41, 5.74) is 0.791. The maximum Gasteiger partial charge on any atom is 0.387 e. The average molecular weight is 330 g/mol. The molecule has 0 radical (unpaired) electrons. The van der Waals surface area contributed by atoms with Crippen molar-refractivity contribution in [3.05, 3.63) is 23.8 Å². The van der Waals surface area contributed by atoms with Gasteiger partial charge in [-0.25, -0.2) is 0 Å². The molecule has 1 amide bonds. The Morgan fingerprint density at radius 2 is 2.09 bits per heavy atom. The van der Waals surface area contributed by atoms with E-state index in [1.165, 1.54) is 6.07 Å². The second kappa shape index (κ2) is 9.99. The lowest BCUT2D eigenvalue weighted by Gasteiger charge is -2.19. The minimum absolute atomic E-state index is 0.00593. The van der Waals surface area contributed by atoms with Gasteiger partial charge in [0.15, 0.2) is 11.5 Å². The van der Waals surface area contributed by atoms with Gasteiger partial charge in [-0.2, -0.15) is 8.78 Å². The summed E-state index contributed by atoms with van der Waals surface area (Å²) >= 11 is 0. The van der Waals surface area contributed by atoms with E-state index in [1.54, 1.807) is 31.0 Å². The molecule has 0 saturated carbocycles. The number of ether oxygens (including phenoxy) is 2. The fourth-order valence-electron chi connectivity index (χ4n) is 2.08. The number of amides is 1. The van der Waals surface area contributed by atoms with E-state index in [-0.39, 0.29) is 17.4 Å². The lowest BCUT2D eigenvalue weighted by molar-refractivity contribution is -0.130. The molecule has 130 valence electrons. The standard InChI is InChI=1S/C16H24F2N2O3/c1-4-22-14-10-12(7-8-13(14)23-16(17)18)11-20(3)15(21)6-5-9-19-2/h7-8,10,16,19H,4-6,9,11H2,1-3H3. The zero-order valence-corrected chi connectivity index (χ0v) is 13.8. The molecule has 0 heterocycles. The summed E-state index contributed by atoms with van der Waals surface area (Å²) < 4.78 is 34.5. The number of carbonyl (C=O) groups excluding carboxylic acids is 1.